The number of thiazole rings is 1. The predicted octanol–water partition coefficient (Wildman–Crippen LogP) is 5.03. The number of aliphatic hydroxyl groups excluding tert-OH is 1. The number of aromatic amines is 1. The van der Waals surface area contributed by atoms with Crippen LogP contribution in [0.5, 0.6) is 0 Å². The van der Waals surface area contributed by atoms with Crippen molar-refractivity contribution in [2.45, 2.75) is 83.7 Å². The zero-order valence-electron chi connectivity index (χ0n) is 29.8. The number of anilines is 1. The molecule has 0 aliphatic rings. The number of imidazole rings is 1. The quantitative estimate of drug-likeness (QED) is 0.0876. The summed E-state index contributed by atoms with van der Waals surface area (Å²) in [6.07, 6.45) is 1.83. The van der Waals surface area contributed by atoms with Gasteiger partial charge in [-0.1, -0.05) is 44.2 Å². The molecular formula is C35H42N8O9S. The van der Waals surface area contributed by atoms with E-state index in [1.54, 1.807) is 56.5 Å². The monoisotopic (exact) mass is 750 g/mol. The van der Waals surface area contributed by atoms with Crippen molar-refractivity contribution in [3.63, 3.8) is 0 Å². The summed E-state index contributed by atoms with van der Waals surface area (Å²) in [4.78, 5) is 76.8. The van der Waals surface area contributed by atoms with E-state index in [4.69, 9.17) is 4.74 Å². The first-order valence-electron chi connectivity index (χ1n) is 16.7. The standard InChI is InChI=1S/C35H42N8O9S/c1-21(2)15-29(30(44)32-37-13-14-53-32)41(27-12-11-24(42(48)49)18-28(27)43(50)51)33(46)26(17-23-19-36-20-38-23)39-31(45)25(16-22-9-7-6-8-10-22)40-34(47)52-35(3,4)5/h6-14,18-21,25-26,29-30,44H,15-17H2,1-5H3,(H,36,38)(H,39,45)(H,40,47)/t25-,26-,29-,30+/m0/s1. The SMILES string of the molecule is CC(C)C[C@@H]([C@@H](O)c1nccs1)N(C(=O)[C@H](Cc1cnc[nH]1)NC(=O)[C@H](Cc1ccccc1)NC(=O)OC(C)(C)C)c1ccc([N+](=O)[O-])cc1[N+](=O)[O-]. The Bertz CT molecular complexity index is 1870. The highest BCUT2D eigenvalue weighted by molar-refractivity contribution is 7.09. The van der Waals surface area contributed by atoms with Crippen molar-refractivity contribution in [2.75, 3.05) is 4.90 Å². The Kier molecular flexibility index (Phi) is 13.3. The van der Waals surface area contributed by atoms with E-state index in [0.717, 1.165) is 34.4 Å². The third kappa shape index (κ3) is 11.1. The lowest BCUT2D eigenvalue weighted by atomic mass is 9.95. The topological polar surface area (TPSA) is 236 Å². The van der Waals surface area contributed by atoms with Crippen LogP contribution in [0.3, 0.4) is 0 Å². The Balaban J connectivity index is 1.85. The fraction of sp³-hybridized carbons (Fsp3) is 0.400. The van der Waals surface area contributed by atoms with Crippen LogP contribution in [-0.2, 0) is 27.2 Å². The average Bonchev–Trinajstić information content (AvgIpc) is 3.82. The highest BCUT2D eigenvalue weighted by atomic mass is 32.1. The number of nitro benzene ring substituents is 2. The molecule has 282 valence electrons. The van der Waals surface area contributed by atoms with Crippen LogP contribution in [0.1, 0.15) is 63.4 Å². The number of amides is 3. The molecule has 18 heteroatoms. The predicted molar refractivity (Wildman–Crippen MR) is 195 cm³/mol. The minimum atomic E-state index is -1.48. The zero-order valence-corrected chi connectivity index (χ0v) is 30.6. The number of aromatic nitrogens is 3. The van der Waals surface area contributed by atoms with E-state index in [9.17, 15) is 34.9 Å². The zero-order chi connectivity index (χ0) is 38.9. The molecule has 0 fully saturated rings. The van der Waals surface area contributed by atoms with Gasteiger partial charge in [-0.05, 0) is 44.7 Å². The van der Waals surface area contributed by atoms with E-state index in [-0.39, 0.29) is 35.9 Å². The van der Waals surface area contributed by atoms with Crippen LogP contribution < -0.4 is 15.5 Å². The summed E-state index contributed by atoms with van der Waals surface area (Å²) in [5.41, 5.74) is -1.50. The van der Waals surface area contributed by atoms with Gasteiger partial charge in [-0.3, -0.25) is 34.7 Å². The summed E-state index contributed by atoms with van der Waals surface area (Å²) in [5.74, 6) is -1.85. The van der Waals surface area contributed by atoms with Gasteiger partial charge in [0.25, 0.3) is 17.3 Å². The molecule has 0 unspecified atom stereocenters. The van der Waals surface area contributed by atoms with Gasteiger partial charge >= 0.3 is 6.09 Å². The number of hydrogen-bond donors (Lipinski definition) is 4. The number of hydrogen-bond acceptors (Lipinski definition) is 12. The van der Waals surface area contributed by atoms with Crippen molar-refractivity contribution in [1.82, 2.24) is 25.6 Å². The van der Waals surface area contributed by atoms with E-state index >= 15 is 4.79 Å². The van der Waals surface area contributed by atoms with Crippen molar-refractivity contribution in [3.8, 4) is 0 Å². The number of non-ortho nitro benzene ring substituents is 1. The molecule has 4 rings (SSSR count). The lowest BCUT2D eigenvalue weighted by Crippen LogP contribution is -2.58. The van der Waals surface area contributed by atoms with Crippen molar-refractivity contribution < 1.29 is 34.1 Å². The van der Waals surface area contributed by atoms with E-state index in [1.165, 1.54) is 18.7 Å². The first kappa shape index (κ1) is 40.0. The van der Waals surface area contributed by atoms with Crippen LogP contribution in [0.4, 0.5) is 21.9 Å². The second-order valence-electron chi connectivity index (χ2n) is 13.6. The average molecular weight is 751 g/mol. The molecule has 17 nitrogen and oxygen atoms in total. The van der Waals surface area contributed by atoms with Gasteiger partial charge in [-0.2, -0.15) is 0 Å². The molecule has 0 radical (unpaired) electrons. The Morgan fingerprint density at radius 3 is 2.30 bits per heavy atom. The van der Waals surface area contributed by atoms with Crippen LogP contribution in [0, 0.1) is 26.1 Å². The number of ether oxygens (including phenoxy) is 1. The molecule has 2 aromatic heterocycles. The molecule has 3 amide bonds. The van der Waals surface area contributed by atoms with Crippen LogP contribution in [0.25, 0.3) is 0 Å². The highest BCUT2D eigenvalue weighted by Gasteiger charge is 2.41. The second kappa shape index (κ2) is 17.6. The lowest BCUT2D eigenvalue weighted by Gasteiger charge is -2.37. The van der Waals surface area contributed by atoms with E-state index < -0.39 is 69.0 Å². The third-order valence-electron chi connectivity index (χ3n) is 7.86. The van der Waals surface area contributed by atoms with E-state index in [1.807, 2.05) is 13.8 Å². The van der Waals surface area contributed by atoms with Crippen LogP contribution in [-0.4, -0.2) is 71.5 Å². The molecule has 4 atom stereocenters. The summed E-state index contributed by atoms with van der Waals surface area (Å²) >= 11 is 1.11. The summed E-state index contributed by atoms with van der Waals surface area (Å²) in [6, 6.07) is 7.75. The number of nitrogens with one attached hydrogen (secondary N) is 3. The maximum Gasteiger partial charge on any atom is 0.408 e. The maximum absolute atomic E-state index is 15.1. The lowest BCUT2D eigenvalue weighted by molar-refractivity contribution is -0.393. The molecule has 0 saturated carbocycles. The van der Waals surface area contributed by atoms with Gasteiger partial charge in [-0.15, -0.1) is 11.3 Å². The molecule has 53 heavy (non-hydrogen) atoms. The van der Waals surface area contributed by atoms with E-state index in [2.05, 4.69) is 25.6 Å². The smallest absolute Gasteiger partial charge is 0.408 e. The Labute approximate surface area is 309 Å². The molecule has 4 aromatic rings. The number of carbonyl (C=O) groups excluding carboxylic acids is 3. The van der Waals surface area contributed by atoms with Crippen LogP contribution >= 0.6 is 11.3 Å². The number of rotatable bonds is 16. The normalized spacial score (nSPS) is 13.7. The molecule has 0 spiro atoms. The minimum Gasteiger partial charge on any atom is -0.444 e. The minimum absolute atomic E-state index is 0.00710. The largest absolute Gasteiger partial charge is 0.444 e. The number of alkyl carbamates (subject to hydrolysis) is 1. The summed E-state index contributed by atoms with van der Waals surface area (Å²) in [6.45, 7) is 8.65. The number of aliphatic hydroxyl groups is 1. The van der Waals surface area contributed by atoms with E-state index in [0.29, 0.717) is 11.3 Å². The Hall–Kier alpha value is -5.75. The van der Waals surface area contributed by atoms with Gasteiger partial charge in [0.2, 0.25) is 5.91 Å². The van der Waals surface area contributed by atoms with Gasteiger partial charge in [0, 0.05) is 42.4 Å². The summed E-state index contributed by atoms with van der Waals surface area (Å²) in [7, 11) is 0. The number of H-pyrrole nitrogens is 1. The van der Waals surface area contributed by atoms with Crippen LogP contribution in [0.2, 0.25) is 0 Å². The van der Waals surface area contributed by atoms with Crippen molar-refractivity contribution in [3.05, 3.63) is 109 Å². The van der Waals surface area contributed by atoms with Crippen molar-refractivity contribution in [2.24, 2.45) is 5.92 Å². The van der Waals surface area contributed by atoms with Gasteiger partial charge in [0.15, 0.2) is 0 Å². The summed E-state index contributed by atoms with van der Waals surface area (Å²) < 4.78 is 5.42. The second-order valence-corrected chi connectivity index (χ2v) is 14.6. The molecular weight excluding hydrogens is 708 g/mol. The van der Waals surface area contributed by atoms with Crippen LogP contribution in [0.15, 0.2) is 72.6 Å². The molecule has 2 aromatic carbocycles. The Morgan fingerprint density at radius 2 is 1.74 bits per heavy atom. The third-order valence-corrected chi connectivity index (χ3v) is 8.71. The molecule has 0 saturated heterocycles. The first-order valence-corrected chi connectivity index (χ1v) is 17.6. The van der Waals surface area contributed by atoms with Gasteiger partial charge in [-0.25, -0.2) is 14.8 Å². The number of carbonyl (C=O) groups is 3. The maximum atomic E-state index is 15.1. The van der Waals surface area contributed by atoms with Crippen molar-refractivity contribution >= 4 is 46.3 Å². The number of nitro groups is 2. The molecule has 0 aliphatic carbocycles. The fourth-order valence-electron chi connectivity index (χ4n) is 5.61. The van der Waals surface area contributed by atoms with Crippen molar-refractivity contribution in [1.29, 1.82) is 0 Å². The Morgan fingerprint density at radius 1 is 1.02 bits per heavy atom. The van der Waals surface area contributed by atoms with Gasteiger partial charge in [0.05, 0.1) is 28.3 Å². The summed E-state index contributed by atoms with van der Waals surface area (Å²) in [5, 5.41) is 43.0. The molecule has 0 aliphatic heterocycles. The van der Waals surface area contributed by atoms with Gasteiger partial charge < -0.3 is 25.5 Å². The van der Waals surface area contributed by atoms with Gasteiger partial charge in [0.1, 0.15) is 34.5 Å². The number of benzene rings is 2. The first-order chi connectivity index (χ1) is 25.0. The number of nitrogens with zero attached hydrogens (tertiary/aromatic N) is 5. The highest BCUT2D eigenvalue weighted by Crippen LogP contribution is 2.38. The molecule has 2 heterocycles. The fourth-order valence-corrected chi connectivity index (χ4v) is 6.28. The molecule has 4 N–H and O–H groups in total. The molecule has 0 bridgehead atoms.